The van der Waals surface area contributed by atoms with E-state index in [1.54, 1.807) is 18.4 Å². The molecule has 112 valence electrons. The van der Waals surface area contributed by atoms with E-state index in [-0.39, 0.29) is 6.10 Å². The van der Waals surface area contributed by atoms with Crippen LogP contribution in [0.5, 0.6) is 0 Å². The number of ether oxygens (including phenoxy) is 1. The molecule has 3 nitrogen and oxygen atoms in total. The average molecular weight is 323 g/mol. The van der Waals surface area contributed by atoms with Crippen LogP contribution in [0.15, 0.2) is 18.2 Å². The number of hydrogen-bond acceptors (Lipinski definition) is 4. The molecule has 0 fully saturated rings. The van der Waals surface area contributed by atoms with Gasteiger partial charge in [-0.2, -0.15) is 0 Å². The number of aryl methyl sites for hydroxylation is 1. The molecule has 3 rings (SSSR count). The maximum atomic E-state index is 6.37. The summed E-state index contributed by atoms with van der Waals surface area (Å²) >= 11 is 8.10. The zero-order valence-corrected chi connectivity index (χ0v) is 14.1. The monoisotopic (exact) mass is 322 g/mol. The van der Waals surface area contributed by atoms with Crippen molar-refractivity contribution < 1.29 is 4.74 Å². The minimum absolute atomic E-state index is 0.205. The van der Waals surface area contributed by atoms with Gasteiger partial charge in [0.1, 0.15) is 5.01 Å². The van der Waals surface area contributed by atoms with Crippen molar-refractivity contribution >= 4 is 28.6 Å². The van der Waals surface area contributed by atoms with Gasteiger partial charge >= 0.3 is 0 Å². The summed E-state index contributed by atoms with van der Waals surface area (Å²) in [4.78, 5) is 8.10. The molecule has 1 aromatic carbocycles. The maximum Gasteiger partial charge on any atom is 0.124 e. The molecular formula is C16H19ClN2OS. The van der Waals surface area contributed by atoms with Gasteiger partial charge in [0.05, 0.1) is 27.4 Å². The van der Waals surface area contributed by atoms with E-state index in [1.165, 1.54) is 10.6 Å². The zero-order valence-electron chi connectivity index (χ0n) is 12.5. The number of rotatable bonds is 3. The van der Waals surface area contributed by atoms with Gasteiger partial charge in [0.25, 0.3) is 0 Å². The van der Waals surface area contributed by atoms with Crippen LogP contribution >= 0.6 is 22.9 Å². The van der Waals surface area contributed by atoms with Crippen LogP contribution in [0.25, 0.3) is 10.6 Å². The fourth-order valence-electron chi connectivity index (χ4n) is 2.73. The topological polar surface area (TPSA) is 25.4 Å². The molecule has 0 N–H and O–H groups in total. The second-order valence-electron chi connectivity index (χ2n) is 5.51. The van der Waals surface area contributed by atoms with E-state index in [1.807, 2.05) is 31.1 Å². The van der Waals surface area contributed by atoms with Gasteiger partial charge in [0.2, 0.25) is 0 Å². The summed E-state index contributed by atoms with van der Waals surface area (Å²) in [6.45, 7) is 0. The highest BCUT2D eigenvalue weighted by Crippen LogP contribution is 2.40. The number of nitrogens with zero attached hydrogens (tertiary/aromatic N) is 2. The lowest BCUT2D eigenvalue weighted by atomic mass is 10.0. The van der Waals surface area contributed by atoms with E-state index in [2.05, 4.69) is 6.07 Å². The molecule has 0 saturated carbocycles. The van der Waals surface area contributed by atoms with Gasteiger partial charge in [-0.15, -0.1) is 11.3 Å². The first-order valence-electron chi connectivity index (χ1n) is 7.09. The summed E-state index contributed by atoms with van der Waals surface area (Å²) in [7, 11) is 5.76. The van der Waals surface area contributed by atoms with Crippen molar-refractivity contribution in [3.05, 3.63) is 33.8 Å². The third-order valence-corrected chi connectivity index (χ3v) is 5.40. The standard InChI is InChI=1S/C16H19ClN2OS/c1-19(2)13-8-7-10(9-11(13)17)16-18-12-5-4-6-14(20-3)15(12)21-16/h7-9,14H,4-6H2,1-3H3. The van der Waals surface area contributed by atoms with Crippen molar-refractivity contribution in [2.45, 2.75) is 25.4 Å². The summed E-state index contributed by atoms with van der Waals surface area (Å²) in [6.07, 6.45) is 3.49. The van der Waals surface area contributed by atoms with Gasteiger partial charge in [-0.25, -0.2) is 4.98 Å². The van der Waals surface area contributed by atoms with Crippen LogP contribution in [0.3, 0.4) is 0 Å². The Labute approximate surface area is 134 Å². The first-order chi connectivity index (χ1) is 10.1. The highest BCUT2D eigenvalue weighted by atomic mass is 35.5. The summed E-state index contributed by atoms with van der Waals surface area (Å²) in [5, 5.41) is 1.80. The van der Waals surface area contributed by atoms with E-state index in [0.717, 1.165) is 40.5 Å². The molecule has 1 aromatic heterocycles. The summed E-state index contributed by atoms with van der Waals surface area (Å²) in [6, 6.07) is 6.14. The Morgan fingerprint density at radius 1 is 1.38 bits per heavy atom. The van der Waals surface area contributed by atoms with Crippen LogP contribution in [0.2, 0.25) is 5.02 Å². The Morgan fingerprint density at radius 3 is 2.86 bits per heavy atom. The van der Waals surface area contributed by atoms with Crippen molar-refractivity contribution in [3.8, 4) is 10.6 Å². The maximum absolute atomic E-state index is 6.37. The van der Waals surface area contributed by atoms with Crippen molar-refractivity contribution in [3.63, 3.8) is 0 Å². The number of thiazole rings is 1. The minimum atomic E-state index is 0.205. The number of halogens is 1. The Bertz CT molecular complexity index is 654. The Hall–Kier alpha value is -1.10. The van der Waals surface area contributed by atoms with E-state index in [9.17, 15) is 0 Å². The van der Waals surface area contributed by atoms with Crippen LogP contribution in [0.4, 0.5) is 5.69 Å². The molecule has 2 aromatic rings. The highest BCUT2D eigenvalue weighted by Gasteiger charge is 2.24. The van der Waals surface area contributed by atoms with E-state index < -0.39 is 0 Å². The highest BCUT2D eigenvalue weighted by molar-refractivity contribution is 7.15. The van der Waals surface area contributed by atoms with Gasteiger partial charge in [-0.3, -0.25) is 0 Å². The Morgan fingerprint density at radius 2 is 2.19 bits per heavy atom. The molecule has 21 heavy (non-hydrogen) atoms. The molecule has 0 bridgehead atoms. The first-order valence-corrected chi connectivity index (χ1v) is 8.29. The van der Waals surface area contributed by atoms with Crippen molar-refractivity contribution in [2.24, 2.45) is 0 Å². The number of hydrogen-bond donors (Lipinski definition) is 0. The van der Waals surface area contributed by atoms with Gasteiger partial charge in [-0.05, 0) is 37.5 Å². The normalized spacial score (nSPS) is 17.6. The van der Waals surface area contributed by atoms with E-state index >= 15 is 0 Å². The van der Waals surface area contributed by atoms with E-state index in [4.69, 9.17) is 21.3 Å². The predicted octanol–water partition coefficient (Wildman–Crippen LogP) is 4.55. The van der Waals surface area contributed by atoms with Gasteiger partial charge in [-0.1, -0.05) is 11.6 Å². The first kappa shape index (κ1) is 14.8. The smallest absolute Gasteiger partial charge is 0.124 e. The fourth-order valence-corrected chi connectivity index (χ4v) is 4.30. The number of benzene rings is 1. The molecule has 1 atom stereocenters. The Balaban J connectivity index is 1.98. The van der Waals surface area contributed by atoms with Crippen LogP contribution < -0.4 is 4.90 Å². The van der Waals surface area contributed by atoms with Crippen LogP contribution in [0, 0.1) is 0 Å². The lowest BCUT2D eigenvalue weighted by Gasteiger charge is -2.19. The quantitative estimate of drug-likeness (QED) is 0.828. The minimum Gasteiger partial charge on any atom is -0.376 e. The van der Waals surface area contributed by atoms with Gasteiger partial charge < -0.3 is 9.64 Å². The van der Waals surface area contributed by atoms with Crippen LogP contribution in [-0.4, -0.2) is 26.2 Å². The predicted molar refractivity (Wildman–Crippen MR) is 89.6 cm³/mol. The van der Waals surface area contributed by atoms with Crippen LogP contribution in [0.1, 0.15) is 29.5 Å². The lowest BCUT2D eigenvalue weighted by molar-refractivity contribution is 0.0908. The molecule has 0 radical (unpaired) electrons. The third kappa shape index (κ3) is 2.80. The molecular weight excluding hydrogens is 304 g/mol. The molecule has 0 spiro atoms. The summed E-state index contributed by atoms with van der Waals surface area (Å²) in [5.41, 5.74) is 3.30. The van der Waals surface area contributed by atoms with Crippen LogP contribution in [-0.2, 0) is 11.2 Å². The summed E-state index contributed by atoms with van der Waals surface area (Å²) < 4.78 is 5.58. The number of fused-ring (bicyclic) bond motifs is 1. The molecule has 0 amide bonds. The SMILES string of the molecule is COC1CCCc2nc(-c3ccc(N(C)C)c(Cl)c3)sc21. The van der Waals surface area contributed by atoms with E-state index in [0.29, 0.717) is 0 Å². The molecule has 1 unspecified atom stereocenters. The second kappa shape index (κ2) is 5.95. The molecule has 1 heterocycles. The fraction of sp³-hybridized carbons (Fsp3) is 0.438. The Kier molecular flexibility index (Phi) is 4.20. The van der Waals surface area contributed by atoms with Crippen molar-refractivity contribution in [1.29, 1.82) is 0 Å². The molecule has 1 aliphatic rings. The average Bonchev–Trinajstić information content (AvgIpc) is 2.90. The molecule has 0 aliphatic heterocycles. The number of methoxy groups -OCH3 is 1. The summed E-state index contributed by atoms with van der Waals surface area (Å²) in [5.74, 6) is 0. The third-order valence-electron chi connectivity index (χ3n) is 3.86. The van der Waals surface area contributed by atoms with Crippen molar-refractivity contribution in [2.75, 3.05) is 26.1 Å². The molecule has 1 aliphatic carbocycles. The zero-order chi connectivity index (χ0) is 15.0. The van der Waals surface area contributed by atoms with Gasteiger partial charge in [0.15, 0.2) is 0 Å². The molecule has 5 heteroatoms. The number of aromatic nitrogens is 1. The molecule has 0 saturated heterocycles. The lowest BCUT2D eigenvalue weighted by Crippen LogP contribution is -2.09. The second-order valence-corrected chi connectivity index (χ2v) is 6.95. The van der Waals surface area contributed by atoms with Gasteiger partial charge in [0, 0.05) is 26.8 Å². The largest absolute Gasteiger partial charge is 0.376 e. The van der Waals surface area contributed by atoms with Crippen molar-refractivity contribution in [1.82, 2.24) is 4.98 Å². The number of anilines is 1.